The van der Waals surface area contributed by atoms with E-state index in [1.807, 2.05) is 6.07 Å². The zero-order valence-electron chi connectivity index (χ0n) is 15.5. The van der Waals surface area contributed by atoms with E-state index < -0.39 is 17.4 Å². The van der Waals surface area contributed by atoms with Gasteiger partial charge in [-0.2, -0.15) is 0 Å². The summed E-state index contributed by atoms with van der Waals surface area (Å²) in [5.41, 5.74) is -0.823. The Bertz CT molecular complexity index is 1130. The van der Waals surface area contributed by atoms with Crippen LogP contribution >= 0.6 is 0 Å². The van der Waals surface area contributed by atoms with E-state index in [4.69, 9.17) is 14.2 Å². The number of para-hydroxylation sites is 1. The van der Waals surface area contributed by atoms with E-state index in [2.05, 4.69) is 0 Å². The largest absolute Gasteiger partial charge is 0.497 e. The molecule has 1 aliphatic heterocycles. The van der Waals surface area contributed by atoms with Gasteiger partial charge in [0.15, 0.2) is 0 Å². The molecule has 0 spiro atoms. The van der Waals surface area contributed by atoms with E-state index in [9.17, 15) is 14.4 Å². The predicted molar refractivity (Wildman–Crippen MR) is 99.5 cm³/mol. The second-order valence-corrected chi connectivity index (χ2v) is 6.37. The molecule has 0 aliphatic carbocycles. The average Bonchev–Trinajstić information content (AvgIpc) is 3.13. The quantitative estimate of drug-likeness (QED) is 0.513. The molecule has 7 heteroatoms. The molecule has 0 amide bonds. The highest BCUT2D eigenvalue weighted by molar-refractivity contribution is 6.18. The van der Waals surface area contributed by atoms with E-state index in [1.54, 1.807) is 30.3 Å². The monoisotopic (exact) mass is 379 g/mol. The maximum absolute atomic E-state index is 13.3. The molecule has 0 bridgehead atoms. The fraction of sp³-hybridized carbons (Fsp3) is 0.190. The molecule has 0 radical (unpaired) electrons. The number of carbonyl (C=O) groups is 3. The molecule has 7 nitrogen and oxygen atoms in total. The minimum absolute atomic E-state index is 0.172. The molecule has 0 fully saturated rings. The van der Waals surface area contributed by atoms with Crippen LogP contribution in [-0.2, 0) is 24.5 Å². The van der Waals surface area contributed by atoms with Crippen molar-refractivity contribution in [1.29, 1.82) is 0 Å². The molecule has 4 rings (SSSR count). The molecule has 2 aromatic carbocycles. The number of fused-ring (bicyclic) bond motifs is 4. The standard InChI is InChI=1S/C21H17NO6/c1-26-13-8-9-14-15(11-13)21(19(24)27-2,20(25)28-3)17-10-12-6-4-5-7-16(12)22(17)18(14)23/h4-11H,1-3H3. The third-order valence-electron chi connectivity index (χ3n) is 5.14. The summed E-state index contributed by atoms with van der Waals surface area (Å²) in [5, 5.41) is 0.711. The number of carbonyl (C=O) groups excluding carboxylic acids is 3. The molecule has 142 valence electrons. The second-order valence-electron chi connectivity index (χ2n) is 6.37. The minimum atomic E-state index is -1.96. The number of ether oxygens (including phenoxy) is 3. The van der Waals surface area contributed by atoms with Crippen molar-refractivity contribution in [1.82, 2.24) is 4.57 Å². The predicted octanol–water partition coefficient (Wildman–Crippen LogP) is 2.28. The van der Waals surface area contributed by atoms with Crippen LogP contribution in [0.3, 0.4) is 0 Å². The van der Waals surface area contributed by atoms with Crippen molar-refractivity contribution in [2.45, 2.75) is 5.41 Å². The van der Waals surface area contributed by atoms with E-state index >= 15 is 0 Å². The first-order chi connectivity index (χ1) is 13.5. The van der Waals surface area contributed by atoms with Gasteiger partial charge in [-0.1, -0.05) is 18.2 Å². The minimum Gasteiger partial charge on any atom is -0.497 e. The number of hydrogen-bond donors (Lipinski definition) is 0. The van der Waals surface area contributed by atoms with Crippen molar-refractivity contribution in [3.8, 4) is 5.75 Å². The highest BCUT2D eigenvalue weighted by atomic mass is 16.5. The molecule has 28 heavy (non-hydrogen) atoms. The third-order valence-corrected chi connectivity index (χ3v) is 5.14. The summed E-state index contributed by atoms with van der Waals surface area (Å²) >= 11 is 0. The van der Waals surface area contributed by atoms with Gasteiger partial charge in [-0.25, -0.2) is 0 Å². The Hall–Kier alpha value is -3.61. The van der Waals surface area contributed by atoms with Gasteiger partial charge in [0.05, 0.1) is 32.5 Å². The molecular formula is C21H17NO6. The van der Waals surface area contributed by atoms with Gasteiger partial charge in [0.1, 0.15) is 5.75 Å². The molecule has 1 aromatic heterocycles. The van der Waals surface area contributed by atoms with E-state index in [0.717, 1.165) is 0 Å². The second kappa shape index (κ2) is 6.23. The maximum atomic E-state index is 13.3. The Kier molecular flexibility index (Phi) is 3.96. The first-order valence-electron chi connectivity index (χ1n) is 8.51. The van der Waals surface area contributed by atoms with Crippen LogP contribution in [0.1, 0.15) is 21.6 Å². The first kappa shape index (κ1) is 17.8. The molecule has 3 aromatic rings. The van der Waals surface area contributed by atoms with Crippen LogP contribution in [0.15, 0.2) is 48.5 Å². The lowest BCUT2D eigenvalue weighted by Gasteiger charge is -2.34. The van der Waals surface area contributed by atoms with Gasteiger partial charge < -0.3 is 14.2 Å². The van der Waals surface area contributed by atoms with Gasteiger partial charge in [0.2, 0.25) is 5.41 Å². The zero-order chi connectivity index (χ0) is 20.1. The smallest absolute Gasteiger partial charge is 0.334 e. The van der Waals surface area contributed by atoms with Crippen molar-refractivity contribution >= 4 is 28.7 Å². The summed E-state index contributed by atoms with van der Waals surface area (Å²) in [6, 6.07) is 13.4. The molecule has 0 saturated carbocycles. The van der Waals surface area contributed by atoms with Crippen LogP contribution < -0.4 is 4.74 Å². The van der Waals surface area contributed by atoms with Crippen LogP contribution in [-0.4, -0.2) is 43.7 Å². The third kappa shape index (κ3) is 2.07. The van der Waals surface area contributed by atoms with Crippen LogP contribution in [0.25, 0.3) is 10.9 Å². The van der Waals surface area contributed by atoms with E-state index in [1.165, 1.54) is 38.0 Å². The fourth-order valence-electron chi connectivity index (χ4n) is 3.87. The number of nitrogens with zero attached hydrogens (tertiary/aromatic N) is 1. The SMILES string of the molecule is COC(=O)C1(C(=O)OC)c2cc(OC)ccc2C(=O)n2c1cc1ccccc12. The zero-order valence-corrected chi connectivity index (χ0v) is 15.5. The van der Waals surface area contributed by atoms with Crippen molar-refractivity contribution in [3.05, 3.63) is 65.4 Å². The van der Waals surface area contributed by atoms with Crippen molar-refractivity contribution in [2.24, 2.45) is 0 Å². The Morgan fingerprint density at radius 2 is 1.61 bits per heavy atom. The normalized spacial score (nSPS) is 14.2. The van der Waals surface area contributed by atoms with Gasteiger partial charge in [-0.05, 0) is 30.3 Å². The lowest BCUT2D eigenvalue weighted by molar-refractivity contribution is -0.159. The van der Waals surface area contributed by atoms with Crippen molar-refractivity contribution in [3.63, 3.8) is 0 Å². The lowest BCUT2D eigenvalue weighted by atomic mass is 9.72. The molecule has 2 heterocycles. The Balaban J connectivity index is 2.21. The van der Waals surface area contributed by atoms with Crippen LogP contribution in [0.4, 0.5) is 0 Å². The maximum Gasteiger partial charge on any atom is 0.334 e. The highest BCUT2D eigenvalue weighted by Crippen LogP contribution is 2.44. The molecule has 0 atom stereocenters. The van der Waals surface area contributed by atoms with Crippen LogP contribution in [0.2, 0.25) is 0 Å². The van der Waals surface area contributed by atoms with Crippen molar-refractivity contribution in [2.75, 3.05) is 21.3 Å². The summed E-state index contributed by atoms with van der Waals surface area (Å²) in [6.07, 6.45) is 0. The molecular weight excluding hydrogens is 362 g/mol. The highest BCUT2D eigenvalue weighted by Gasteiger charge is 2.58. The van der Waals surface area contributed by atoms with E-state index in [-0.39, 0.29) is 22.7 Å². The van der Waals surface area contributed by atoms with Crippen molar-refractivity contribution < 1.29 is 28.6 Å². The van der Waals surface area contributed by atoms with Gasteiger partial charge in [-0.15, -0.1) is 0 Å². The topological polar surface area (TPSA) is 83.8 Å². The van der Waals surface area contributed by atoms with Crippen LogP contribution in [0.5, 0.6) is 5.75 Å². The summed E-state index contributed by atoms with van der Waals surface area (Å²) in [6.45, 7) is 0. The molecule has 0 unspecified atom stereocenters. The van der Waals surface area contributed by atoms with Gasteiger partial charge in [0, 0.05) is 16.5 Å². The van der Waals surface area contributed by atoms with E-state index in [0.29, 0.717) is 16.7 Å². The van der Waals surface area contributed by atoms with Gasteiger partial charge in [0.25, 0.3) is 5.91 Å². The Morgan fingerprint density at radius 1 is 0.929 bits per heavy atom. The van der Waals surface area contributed by atoms with Crippen LogP contribution in [0, 0.1) is 0 Å². The lowest BCUT2D eigenvalue weighted by Crippen LogP contribution is -2.51. The molecule has 0 N–H and O–H groups in total. The first-order valence-corrected chi connectivity index (χ1v) is 8.51. The number of benzene rings is 2. The summed E-state index contributed by atoms with van der Waals surface area (Å²) in [4.78, 5) is 39.5. The number of methoxy groups -OCH3 is 3. The number of hydrogen-bond acceptors (Lipinski definition) is 6. The summed E-state index contributed by atoms with van der Waals surface area (Å²) in [7, 11) is 3.84. The Labute approximate surface area is 160 Å². The number of aromatic nitrogens is 1. The molecule has 1 aliphatic rings. The number of rotatable bonds is 3. The number of esters is 2. The van der Waals surface area contributed by atoms with Gasteiger partial charge in [-0.3, -0.25) is 19.0 Å². The molecule has 0 saturated heterocycles. The Morgan fingerprint density at radius 3 is 2.25 bits per heavy atom. The van der Waals surface area contributed by atoms with Gasteiger partial charge >= 0.3 is 11.9 Å². The fourth-order valence-corrected chi connectivity index (χ4v) is 3.87. The summed E-state index contributed by atoms with van der Waals surface area (Å²) in [5.74, 6) is -1.64. The average molecular weight is 379 g/mol. The summed E-state index contributed by atoms with van der Waals surface area (Å²) < 4.78 is 16.7.